The Morgan fingerprint density at radius 2 is 2.24 bits per heavy atom. The van der Waals surface area contributed by atoms with Gasteiger partial charge in [-0.1, -0.05) is 13.0 Å². The minimum atomic E-state index is -0.0433. The van der Waals surface area contributed by atoms with Crippen LogP contribution in [0.3, 0.4) is 0 Å². The van der Waals surface area contributed by atoms with E-state index in [1.165, 1.54) is 0 Å². The average molecular weight is 236 g/mol. The summed E-state index contributed by atoms with van der Waals surface area (Å²) in [6.45, 7) is 4.38. The van der Waals surface area contributed by atoms with Gasteiger partial charge in [0.25, 0.3) is 0 Å². The SMILES string of the molecule is CCC(C)Oc1cccc(NCC(=O)NC)c1. The van der Waals surface area contributed by atoms with E-state index in [0.717, 1.165) is 17.9 Å². The molecule has 4 nitrogen and oxygen atoms in total. The first kappa shape index (κ1) is 13.4. The van der Waals surface area contributed by atoms with Crippen LogP contribution >= 0.6 is 0 Å². The molecule has 94 valence electrons. The molecular formula is C13H20N2O2. The van der Waals surface area contributed by atoms with Gasteiger partial charge in [0.05, 0.1) is 12.6 Å². The maximum absolute atomic E-state index is 11.1. The van der Waals surface area contributed by atoms with Crippen LogP contribution < -0.4 is 15.4 Å². The molecule has 0 bridgehead atoms. The van der Waals surface area contributed by atoms with E-state index in [0.29, 0.717) is 0 Å². The van der Waals surface area contributed by atoms with E-state index in [2.05, 4.69) is 17.6 Å². The third-order valence-corrected chi connectivity index (χ3v) is 2.48. The second-order valence-corrected chi connectivity index (χ2v) is 3.89. The normalized spacial score (nSPS) is 11.7. The number of carbonyl (C=O) groups excluding carboxylic acids is 1. The maximum Gasteiger partial charge on any atom is 0.239 e. The number of amides is 1. The van der Waals surface area contributed by atoms with Gasteiger partial charge in [0.2, 0.25) is 5.91 Å². The topological polar surface area (TPSA) is 50.4 Å². The van der Waals surface area contributed by atoms with Crippen LogP contribution in [0.5, 0.6) is 5.75 Å². The number of rotatable bonds is 6. The van der Waals surface area contributed by atoms with Gasteiger partial charge >= 0.3 is 0 Å². The Morgan fingerprint density at radius 3 is 2.88 bits per heavy atom. The van der Waals surface area contributed by atoms with Crippen molar-refractivity contribution < 1.29 is 9.53 Å². The molecule has 0 radical (unpaired) electrons. The predicted molar refractivity (Wildman–Crippen MR) is 69.4 cm³/mol. The molecule has 0 spiro atoms. The second-order valence-electron chi connectivity index (χ2n) is 3.89. The van der Waals surface area contributed by atoms with Gasteiger partial charge in [-0.15, -0.1) is 0 Å². The molecule has 0 aromatic heterocycles. The number of hydrogen-bond acceptors (Lipinski definition) is 3. The Balaban J connectivity index is 2.56. The lowest BCUT2D eigenvalue weighted by Crippen LogP contribution is -2.26. The molecule has 0 aliphatic carbocycles. The summed E-state index contributed by atoms with van der Waals surface area (Å²) in [6.07, 6.45) is 1.17. The van der Waals surface area contributed by atoms with Crippen LogP contribution in [0.2, 0.25) is 0 Å². The number of hydrogen-bond donors (Lipinski definition) is 2. The number of anilines is 1. The molecule has 0 fully saturated rings. The van der Waals surface area contributed by atoms with Crippen molar-refractivity contribution in [1.82, 2.24) is 5.32 Å². The zero-order valence-electron chi connectivity index (χ0n) is 10.6. The van der Waals surface area contributed by atoms with Crippen LogP contribution in [0, 0.1) is 0 Å². The predicted octanol–water partition coefficient (Wildman–Crippen LogP) is 2.02. The van der Waals surface area contributed by atoms with Crippen LogP contribution in [-0.4, -0.2) is 25.6 Å². The van der Waals surface area contributed by atoms with Crippen molar-refractivity contribution >= 4 is 11.6 Å². The van der Waals surface area contributed by atoms with Gasteiger partial charge < -0.3 is 15.4 Å². The highest BCUT2D eigenvalue weighted by Gasteiger charge is 2.02. The van der Waals surface area contributed by atoms with Crippen LogP contribution in [0.25, 0.3) is 0 Å². The monoisotopic (exact) mass is 236 g/mol. The summed E-state index contributed by atoms with van der Waals surface area (Å²) in [5, 5.41) is 5.59. The molecular weight excluding hydrogens is 216 g/mol. The van der Waals surface area contributed by atoms with E-state index in [4.69, 9.17) is 4.74 Å². The largest absolute Gasteiger partial charge is 0.491 e. The number of likely N-dealkylation sites (N-methyl/N-ethyl adjacent to an activating group) is 1. The van der Waals surface area contributed by atoms with Crippen LogP contribution in [-0.2, 0) is 4.79 Å². The number of benzene rings is 1. The third kappa shape index (κ3) is 4.76. The second kappa shape index (κ2) is 6.78. The first-order valence-electron chi connectivity index (χ1n) is 5.87. The Bertz CT molecular complexity index is 366. The van der Waals surface area contributed by atoms with E-state index >= 15 is 0 Å². The van der Waals surface area contributed by atoms with Gasteiger partial charge in [0.15, 0.2) is 0 Å². The minimum absolute atomic E-state index is 0.0433. The van der Waals surface area contributed by atoms with Gasteiger partial charge in [-0.05, 0) is 25.5 Å². The lowest BCUT2D eigenvalue weighted by Gasteiger charge is -2.13. The lowest BCUT2D eigenvalue weighted by atomic mass is 10.2. The van der Waals surface area contributed by atoms with Crippen molar-refractivity contribution in [3.05, 3.63) is 24.3 Å². The fourth-order valence-electron chi connectivity index (χ4n) is 1.27. The molecule has 1 aromatic rings. The Hall–Kier alpha value is -1.71. The van der Waals surface area contributed by atoms with E-state index in [9.17, 15) is 4.79 Å². The first-order chi connectivity index (χ1) is 8.15. The number of carbonyl (C=O) groups is 1. The van der Waals surface area contributed by atoms with E-state index in [1.54, 1.807) is 7.05 Å². The fourth-order valence-corrected chi connectivity index (χ4v) is 1.27. The summed E-state index contributed by atoms with van der Waals surface area (Å²) in [7, 11) is 1.62. The fraction of sp³-hybridized carbons (Fsp3) is 0.462. The molecule has 1 amide bonds. The lowest BCUT2D eigenvalue weighted by molar-refractivity contribution is -0.118. The molecule has 0 heterocycles. The molecule has 17 heavy (non-hydrogen) atoms. The highest BCUT2D eigenvalue weighted by Crippen LogP contribution is 2.18. The molecule has 2 N–H and O–H groups in total. The van der Waals surface area contributed by atoms with Gasteiger partial charge in [-0.25, -0.2) is 0 Å². The number of nitrogens with one attached hydrogen (secondary N) is 2. The highest BCUT2D eigenvalue weighted by molar-refractivity contribution is 5.80. The number of ether oxygens (including phenoxy) is 1. The third-order valence-electron chi connectivity index (χ3n) is 2.48. The quantitative estimate of drug-likeness (QED) is 0.794. The molecule has 0 aliphatic heterocycles. The van der Waals surface area contributed by atoms with Crippen molar-refractivity contribution in [2.24, 2.45) is 0 Å². The van der Waals surface area contributed by atoms with Crippen molar-refractivity contribution in [2.45, 2.75) is 26.4 Å². The summed E-state index contributed by atoms with van der Waals surface area (Å²) in [5.41, 5.74) is 0.884. The summed E-state index contributed by atoms with van der Waals surface area (Å²) < 4.78 is 5.70. The first-order valence-corrected chi connectivity index (χ1v) is 5.87. The average Bonchev–Trinajstić information content (AvgIpc) is 2.36. The molecule has 1 aromatic carbocycles. The van der Waals surface area contributed by atoms with Gasteiger partial charge in [0, 0.05) is 18.8 Å². The maximum atomic E-state index is 11.1. The molecule has 4 heteroatoms. The van der Waals surface area contributed by atoms with Gasteiger partial charge in [-0.2, -0.15) is 0 Å². The van der Waals surface area contributed by atoms with Crippen LogP contribution in [0.15, 0.2) is 24.3 Å². The zero-order chi connectivity index (χ0) is 12.7. The van der Waals surface area contributed by atoms with E-state index in [-0.39, 0.29) is 18.6 Å². The molecule has 1 unspecified atom stereocenters. The summed E-state index contributed by atoms with van der Waals surface area (Å²) in [6, 6.07) is 7.63. The molecule has 0 saturated carbocycles. The summed E-state index contributed by atoms with van der Waals surface area (Å²) in [4.78, 5) is 11.1. The zero-order valence-corrected chi connectivity index (χ0v) is 10.6. The molecule has 1 rings (SSSR count). The van der Waals surface area contributed by atoms with Gasteiger partial charge in [-0.3, -0.25) is 4.79 Å². The van der Waals surface area contributed by atoms with Crippen LogP contribution in [0.4, 0.5) is 5.69 Å². The van der Waals surface area contributed by atoms with Crippen LogP contribution in [0.1, 0.15) is 20.3 Å². The standard InChI is InChI=1S/C13H20N2O2/c1-4-10(2)17-12-7-5-6-11(8-12)15-9-13(16)14-3/h5-8,10,15H,4,9H2,1-3H3,(H,14,16). The van der Waals surface area contributed by atoms with Crippen molar-refractivity contribution in [3.8, 4) is 5.75 Å². The Kier molecular flexibility index (Phi) is 5.33. The molecule has 1 atom stereocenters. The van der Waals surface area contributed by atoms with Crippen molar-refractivity contribution in [3.63, 3.8) is 0 Å². The van der Waals surface area contributed by atoms with E-state index < -0.39 is 0 Å². The summed E-state index contributed by atoms with van der Waals surface area (Å²) in [5.74, 6) is 0.777. The van der Waals surface area contributed by atoms with Crippen molar-refractivity contribution in [1.29, 1.82) is 0 Å². The molecule has 0 saturated heterocycles. The smallest absolute Gasteiger partial charge is 0.239 e. The highest BCUT2D eigenvalue weighted by atomic mass is 16.5. The molecule has 0 aliphatic rings. The van der Waals surface area contributed by atoms with Crippen molar-refractivity contribution in [2.75, 3.05) is 18.9 Å². The Morgan fingerprint density at radius 1 is 1.47 bits per heavy atom. The summed E-state index contributed by atoms with van der Waals surface area (Å²) >= 11 is 0. The van der Waals surface area contributed by atoms with E-state index in [1.807, 2.05) is 31.2 Å². The minimum Gasteiger partial charge on any atom is -0.491 e. The van der Waals surface area contributed by atoms with Gasteiger partial charge in [0.1, 0.15) is 5.75 Å². The Labute approximate surface area is 102 Å².